The predicted molar refractivity (Wildman–Crippen MR) is 57.9 cm³/mol. The quantitative estimate of drug-likeness (QED) is 0.716. The molecule has 1 fully saturated rings. The molecule has 0 aliphatic heterocycles. The molecule has 5 atom stereocenters. The van der Waals surface area contributed by atoms with Gasteiger partial charge in [0.25, 0.3) is 0 Å². The van der Waals surface area contributed by atoms with Crippen LogP contribution in [-0.4, -0.2) is 22.4 Å². The van der Waals surface area contributed by atoms with Gasteiger partial charge in [-0.25, -0.2) is 0 Å². The van der Waals surface area contributed by atoms with E-state index in [-0.39, 0.29) is 18.1 Å². The number of hydrogen-bond acceptors (Lipinski definition) is 2. The molecule has 2 N–H and O–H groups in total. The van der Waals surface area contributed by atoms with Crippen molar-refractivity contribution in [1.82, 2.24) is 0 Å². The number of rotatable bonds is 2. The maximum atomic E-state index is 10.2. The summed E-state index contributed by atoms with van der Waals surface area (Å²) in [4.78, 5) is 0. The van der Waals surface area contributed by atoms with Crippen LogP contribution in [-0.2, 0) is 0 Å². The highest BCUT2D eigenvalue weighted by Gasteiger charge is 2.39. The Bertz CT molecular complexity index is 177. The molecule has 0 aromatic carbocycles. The van der Waals surface area contributed by atoms with Crippen LogP contribution in [0.4, 0.5) is 0 Å². The van der Waals surface area contributed by atoms with Crippen molar-refractivity contribution >= 4 is 0 Å². The van der Waals surface area contributed by atoms with Crippen LogP contribution >= 0.6 is 0 Å². The first-order valence-corrected chi connectivity index (χ1v) is 5.81. The maximum Gasteiger partial charge on any atom is 0.0626 e. The van der Waals surface area contributed by atoms with Crippen molar-refractivity contribution in [3.63, 3.8) is 0 Å². The molecule has 1 saturated carbocycles. The third-order valence-electron chi connectivity index (χ3n) is 3.86. The summed E-state index contributed by atoms with van der Waals surface area (Å²) in [6.45, 7) is 8.25. The van der Waals surface area contributed by atoms with Gasteiger partial charge in [0, 0.05) is 5.92 Å². The van der Waals surface area contributed by atoms with Crippen molar-refractivity contribution in [3.05, 3.63) is 0 Å². The standard InChI is InChI=1S/C12H24O2/c1-7(2)10-6-5-8(3)11(9(4)13)12(10)14/h7-14H,5-6H2,1-4H3/t8-,9-,10-,11-,12+/m1/s1. The van der Waals surface area contributed by atoms with E-state index in [1.165, 1.54) is 0 Å². The van der Waals surface area contributed by atoms with Gasteiger partial charge in [0.15, 0.2) is 0 Å². The molecule has 0 heterocycles. The molecule has 2 heteroatoms. The zero-order chi connectivity index (χ0) is 10.9. The molecule has 1 aliphatic carbocycles. The monoisotopic (exact) mass is 200 g/mol. The van der Waals surface area contributed by atoms with E-state index in [1.54, 1.807) is 6.92 Å². The molecule has 14 heavy (non-hydrogen) atoms. The average Bonchev–Trinajstić information content (AvgIpc) is 2.02. The summed E-state index contributed by atoms with van der Waals surface area (Å²) < 4.78 is 0. The third-order valence-corrected chi connectivity index (χ3v) is 3.86. The summed E-state index contributed by atoms with van der Waals surface area (Å²) in [6.07, 6.45) is 1.53. The first-order valence-electron chi connectivity index (χ1n) is 5.81. The molecule has 0 saturated heterocycles. The summed E-state index contributed by atoms with van der Waals surface area (Å²) in [5.41, 5.74) is 0. The zero-order valence-electron chi connectivity index (χ0n) is 9.77. The summed E-state index contributed by atoms with van der Waals surface area (Å²) in [5, 5.41) is 19.8. The van der Waals surface area contributed by atoms with Gasteiger partial charge in [-0.05, 0) is 37.5 Å². The Balaban J connectivity index is 2.72. The number of aliphatic hydroxyl groups is 2. The molecule has 0 aromatic rings. The van der Waals surface area contributed by atoms with E-state index in [0.29, 0.717) is 17.8 Å². The lowest BCUT2D eigenvalue weighted by atomic mass is 9.67. The maximum absolute atomic E-state index is 10.2. The normalized spacial score (nSPS) is 41.4. The number of hydrogen-bond donors (Lipinski definition) is 2. The van der Waals surface area contributed by atoms with E-state index in [2.05, 4.69) is 20.8 Å². The highest BCUT2D eigenvalue weighted by atomic mass is 16.3. The highest BCUT2D eigenvalue weighted by molar-refractivity contribution is 4.89. The molecule has 0 bridgehead atoms. The Morgan fingerprint density at radius 1 is 1.14 bits per heavy atom. The van der Waals surface area contributed by atoms with Crippen LogP contribution in [0.5, 0.6) is 0 Å². The van der Waals surface area contributed by atoms with Crippen molar-refractivity contribution in [3.8, 4) is 0 Å². The molecule has 1 aliphatic rings. The minimum absolute atomic E-state index is 0.0659. The van der Waals surface area contributed by atoms with Gasteiger partial charge in [-0.3, -0.25) is 0 Å². The van der Waals surface area contributed by atoms with Crippen molar-refractivity contribution in [1.29, 1.82) is 0 Å². The van der Waals surface area contributed by atoms with Crippen LogP contribution in [0.25, 0.3) is 0 Å². The Labute approximate surface area is 87.3 Å². The van der Waals surface area contributed by atoms with Gasteiger partial charge in [0.2, 0.25) is 0 Å². The molecule has 84 valence electrons. The molecule has 0 amide bonds. The zero-order valence-corrected chi connectivity index (χ0v) is 9.77. The molecule has 2 nitrogen and oxygen atoms in total. The highest BCUT2D eigenvalue weighted by Crippen LogP contribution is 2.39. The largest absolute Gasteiger partial charge is 0.393 e. The SMILES string of the molecule is CC(C)[C@H]1CC[C@@H](C)[C@H]([C@@H](C)O)[C@H]1O. The first kappa shape index (κ1) is 12.0. The van der Waals surface area contributed by atoms with Gasteiger partial charge in [-0.15, -0.1) is 0 Å². The minimum atomic E-state index is -0.387. The first-order chi connectivity index (χ1) is 6.45. The van der Waals surface area contributed by atoms with Crippen LogP contribution in [0, 0.1) is 23.7 Å². The molecule has 0 aromatic heterocycles. The molecular formula is C12H24O2. The van der Waals surface area contributed by atoms with Crippen LogP contribution in [0.1, 0.15) is 40.5 Å². The van der Waals surface area contributed by atoms with Crippen LogP contribution in [0.3, 0.4) is 0 Å². The van der Waals surface area contributed by atoms with E-state index in [0.717, 1.165) is 12.8 Å². The van der Waals surface area contributed by atoms with E-state index in [4.69, 9.17) is 0 Å². The molecular weight excluding hydrogens is 176 g/mol. The van der Waals surface area contributed by atoms with Gasteiger partial charge < -0.3 is 10.2 Å². The second-order valence-electron chi connectivity index (χ2n) is 5.27. The Morgan fingerprint density at radius 2 is 1.71 bits per heavy atom. The lowest BCUT2D eigenvalue weighted by Crippen LogP contribution is -2.45. The predicted octanol–water partition coefficient (Wildman–Crippen LogP) is 2.05. The van der Waals surface area contributed by atoms with Crippen LogP contribution < -0.4 is 0 Å². The second kappa shape index (κ2) is 4.63. The Kier molecular flexibility index (Phi) is 3.96. The lowest BCUT2D eigenvalue weighted by molar-refractivity contribution is -0.0751. The van der Waals surface area contributed by atoms with Crippen molar-refractivity contribution in [2.75, 3.05) is 0 Å². The topological polar surface area (TPSA) is 40.5 Å². The lowest BCUT2D eigenvalue weighted by Gasteiger charge is -2.42. The summed E-state index contributed by atoms with van der Waals surface area (Å²) >= 11 is 0. The van der Waals surface area contributed by atoms with Gasteiger partial charge in [0.05, 0.1) is 12.2 Å². The Morgan fingerprint density at radius 3 is 2.14 bits per heavy atom. The minimum Gasteiger partial charge on any atom is -0.393 e. The summed E-state index contributed by atoms with van der Waals surface area (Å²) in [5.74, 6) is 1.39. The molecule has 1 rings (SSSR count). The van der Waals surface area contributed by atoms with E-state index >= 15 is 0 Å². The van der Waals surface area contributed by atoms with Crippen LogP contribution in [0.2, 0.25) is 0 Å². The van der Waals surface area contributed by atoms with E-state index < -0.39 is 0 Å². The summed E-state index contributed by atoms with van der Waals surface area (Å²) in [6, 6.07) is 0. The fraction of sp³-hybridized carbons (Fsp3) is 1.00. The van der Waals surface area contributed by atoms with Gasteiger partial charge >= 0.3 is 0 Å². The second-order valence-corrected chi connectivity index (χ2v) is 5.27. The fourth-order valence-electron chi connectivity index (χ4n) is 2.93. The third kappa shape index (κ3) is 2.29. The van der Waals surface area contributed by atoms with Crippen molar-refractivity contribution < 1.29 is 10.2 Å². The van der Waals surface area contributed by atoms with Crippen LogP contribution in [0.15, 0.2) is 0 Å². The van der Waals surface area contributed by atoms with Crippen molar-refractivity contribution in [2.24, 2.45) is 23.7 Å². The molecule has 0 radical (unpaired) electrons. The van der Waals surface area contributed by atoms with Gasteiger partial charge in [-0.2, -0.15) is 0 Å². The Hall–Kier alpha value is -0.0800. The number of aliphatic hydroxyl groups excluding tert-OH is 2. The van der Waals surface area contributed by atoms with Gasteiger partial charge in [-0.1, -0.05) is 20.8 Å². The smallest absolute Gasteiger partial charge is 0.0626 e. The summed E-state index contributed by atoms with van der Waals surface area (Å²) in [7, 11) is 0. The average molecular weight is 200 g/mol. The fourth-order valence-corrected chi connectivity index (χ4v) is 2.93. The van der Waals surface area contributed by atoms with Gasteiger partial charge in [0.1, 0.15) is 0 Å². The molecule has 0 spiro atoms. The van der Waals surface area contributed by atoms with Crippen molar-refractivity contribution in [2.45, 2.75) is 52.7 Å². The molecule has 0 unspecified atom stereocenters. The van der Waals surface area contributed by atoms with E-state index in [1.807, 2.05) is 0 Å². The van der Waals surface area contributed by atoms with E-state index in [9.17, 15) is 10.2 Å².